The Morgan fingerprint density at radius 2 is 2.05 bits per heavy atom. The van der Waals surface area contributed by atoms with Gasteiger partial charge in [0.25, 0.3) is 0 Å². The largest absolute Gasteiger partial charge is 0.348 e. The van der Waals surface area contributed by atoms with Crippen LogP contribution in [0.5, 0.6) is 0 Å². The van der Waals surface area contributed by atoms with Crippen molar-refractivity contribution in [3.8, 4) is 0 Å². The van der Waals surface area contributed by atoms with Crippen molar-refractivity contribution < 1.29 is 13.2 Å². The summed E-state index contributed by atoms with van der Waals surface area (Å²) in [6.07, 6.45) is 2.59. The van der Waals surface area contributed by atoms with E-state index in [4.69, 9.17) is 5.73 Å². The number of carbonyl (C=O) groups is 1. The number of sulfonamides is 1. The van der Waals surface area contributed by atoms with Gasteiger partial charge in [0.2, 0.25) is 15.9 Å². The minimum atomic E-state index is -3.79. The first-order valence-electron chi connectivity index (χ1n) is 7.05. The zero-order chi connectivity index (χ0) is 17.1. The molecule has 0 aliphatic heterocycles. The van der Waals surface area contributed by atoms with Gasteiger partial charge in [-0.15, -0.1) is 0 Å². The Morgan fingerprint density at radius 1 is 1.45 bits per heavy atom. The molecule has 0 aromatic carbocycles. The zero-order valence-corrected chi connectivity index (χ0v) is 14.4. The van der Waals surface area contributed by atoms with E-state index in [2.05, 4.69) is 15.1 Å². The van der Waals surface area contributed by atoms with Crippen LogP contribution >= 0.6 is 0 Å². The van der Waals surface area contributed by atoms with Crippen LogP contribution in [0.4, 0.5) is 0 Å². The van der Waals surface area contributed by atoms with Gasteiger partial charge in [-0.25, -0.2) is 8.42 Å². The molecule has 0 spiro atoms. The molecule has 4 N–H and O–H groups in total. The highest BCUT2D eigenvalue weighted by atomic mass is 32.2. The van der Waals surface area contributed by atoms with Gasteiger partial charge in [-0.1, -0.05) is 13.8 Å². The van der Waals surface area contributed by atoms with Crippen LogP contribution in [0.1, 0.15) is 27.7 Å². The quantitative estimate of drug-likeness (QED) is 0.627. The van der Waals surface area contributed by atoms with Crippen molar-refractivity contribution in [1.29, 1.82) is 0 Å². The number of rotatable bonds is 7. The van der Waals surface area contributed by atoms with Crippen LogP contribution in [0.3, 0.4) is 0 Å². The van der Waals surface area contributed by atoms with Gasteiger partial charge in [-0.2, -0.15) is 9.82 Å². The topological polar surface area (TPSA) is 119 Å². The molecule has 126 valence electrons. The van der Waals surface area contributed by atoms with Gasteiger partial charge in [0, 0.05) is 19.8 Å². The van der Waals surface area contributed by atoms with Gasteiger partial charge in [-0.3, -0.25) is 9.48 Å². The molecule has 0 aliphatic carbocycles. The summed E-state index contributed by atoms with van der Waals surface area (Å²) in [4.78, 5) is 12.2. The first-order valence-corrected chi connectivity index (χ1v) is 8.53. The predicted octanol–water partition coefficient (Wildman–Crippen LogP) is -0.423. The van der Waals surface area contributed by atoms with Gasteiger partial charge < -0.3 is 11.1 Å². The van der Waals surface area contributed by atoms with Gasteiger partial charge in [-0.05, 0) is 19.8 Å². The van der Waals surface area contributed by atoms with Crippen LogP contribution in [0.2, 0.25) is 0 Å². The molecule has 9 heteroatoms. The number of hydrogen-bond donors (Lipinski definition) is 3. The molecule has 0 bridgehead atoms. The first-order chi connectivity index (χ1) is 10.0. The van der Waals surface area contributed by atoms with E-state index in [1.165, 1.54) is 24.0 Å². The lowest BCUT2D eigenvalue weighted by molar-refractivity contribution is -0.124. The predicted molar refractivity (Wildman–Crippen MR) is 83.4 cm³/mol. The van der Waals surface area contributed by atoms with Crippen LogP contribution < -0.4 is 15.8 Å². The van der Waals surface area contributed by atoms with Crippen LogP contribution in [-0.2, 0) is 21.9 Å². The Bertz CT molecular complexity index is 625. The minimum absolute atomic E-state index is 0.0140. The van der Waals surface area contributed by atoms with Gasteiger partial charge >= 0.3 is 0 Å². The smallest absolute Gasteiger partial charge is 0.244 e. The average molecular weight is 331 g/mol. The molecule has 22 heavy (non-hydrogen) atoms. The maximum atomic E-state index is 12.2. The highest BCUT2D eigenvalue weighted by molar-refractivity contribution is 7.89. The second kappa shape index (κ2) is 6.76. The maximum Gasteiger partial charge on any atom is 0.244 e. The summed E-state index contributed by atoms with van der Waals surface area (Å²) in [7, 11) is -2.18. The Kier molecular flexibility index (Phi) is 5.71. The molecule has 2 unspecified atom stereocenters. The van der Waals surface area contributed by atoms with Crippen LogP contribution in [0.15, 0.2) is 17.3 Å². The Hall–Kier alpha value is -1.45. The number of aromatic nitrogens is 2. The third-order valence-corrected chi connectivity index (χ3v) is 5.32. The van der Waals surface area contributed by atoms with E-state index >= 15 is 0 Å². The van der Waals surface area contributed by atoms with Crippen molar-refractivity contribution in [3.63, 3.8) is 0 Å². The molecular weight excluding hydrogens is 306 g/mol. The number of carbonyl (C=O) groups excluding carboxylic acids is 1. The van der Waals surface area contributed by atoms with Crippen molar-refractivity contribution in [1.82, 2.24) is 19.8 Å². The van der Waals surface area contributed by atoms with E-state index in [0.29, 0.717) is 0 Å². The van der Waals surface area contributed by atoms with Crippen molar-refractivity contribution in [2.75, 3.05) is 6.54 Å². The normalized spacial score (nSPS) is 16.3. The summed E-state index contributed by atoms with van der Waals surface area (Å²) in [5.41, 5.74) is 5.12. The second-order valence-electron chi connectivity index (χ2n) is 5.96. The highest BCUT2D eigenvalue weighted by Crippen LogP contribution is 2.15. The third-order valence-electron chi connectivity index (χ3n) is 3.82. The summed E-state index contributed by atoms with van der Waals surface area (Å²) >= 11 is 0. The first kappa shape index (κ1) is 18.6. The van der Waals surface area contributed by atoms with Crippen molar-refractivity contribution in [2.24, 2.45) is 18.7 Å². The number of aryl methyl sites for hydroxylation is 1. The SMILES string of the molecule is CC(NS(=O)(=O)c1cnn(C)c1)C(=O)NC(C)(CN)C(C)C. The van der Waals surface area contributed by atoms with E-state index in [0.717, 1.165) is 0 Å². The van der Waals surface area contributed by atoms with Gasteiger partial charge in [0.05, 0.1) is 17.8 Å². The zero-order valence-electron chi connectivity index (χ0n) is 13.6. The van der Waals surface area contributed by atoms with E-state index in [9.17, 15) is 13.2 Å². The molecule has 0 radical (unpaired) electrons. The molecule has 1 rings (SSSR count). The maximum absolute atomic E-state index is 12.2. The van der Waals surface area contributed by atoms with E-state index < -0.39 is 27.5 Å². The fourth-order valence-corrected chi connectivity index (χ4v) is 2.90. The Balaban J connectivity index is 2.80. The molecule has 2 atom stereocenters. The molecule has 8 nitrogen and oxygen atoms in total. The highest BCUT2D eigenvalue weighted by Gasteiger charge is 2.31. The molecular formula is C13H25N5O3S. The van der Waals surface area contributed by atoms with E-state index in [1.807, 2.05) is 20.8 Å². The monoisotopic (exact) mass is 331 g/mol. The summed E-state index contributed by atoms with van der Waals surface area (Å²) < 4.78 is 28.0. The van der Waals surface area contributed by atoms with Crippen LogP contribution in [0, 0.1) is 5.92 Å². The van der Waals surface area contributed by atoms with E-state index in [-0.39, 0.29) is 17.4 Å². The average Bonchev–Trinajstić information content (AvgIpc) is 2.85. The van der Waals surface area contributed by atoms with Crippen LogP contribution in [-0.4, -0.2) is 42.2 Å². The lowest BCUT2D eigenvalue weighted by atomic mass is 9.88. The molecule has 0 fully saturated rings. The molecule has 1 aromatic heterocycles. The fourth-order valence-electron chi connectivity index (χ4n) is 1.71. The Morgan fingerprint density at radius 3 is 2.45 bits per heavy atom. The van der Waals surface area contributed by atoms with Gasteiger partial charge in [0.15, 0.2) is 0 Å². The number of nitrogens with zero attached hydrogens (tertiary/aromatic N) is 2. The summed E-state index contributed by atoms with van der Waals surface area (Å²) in [5.74, 6) is -0.308. The van der Waals surface area contributed by atoms with E-state index in [1.54, 1.807) is 7.05 Å². The van der Waals surface area contributed by atoms with Gasteiger partial charge in [0.1, 0.15) is 4.90 Å². The van der Waals surface area contributed by atoms with Crippen molar-refractivity contribution in [3.05, 3.63) is 12.4 Å². The molecule has 1 heterocycles. The Labute approximate surface area is 131 Å². The number of hydrogen-bond acceptors (Lipinski definition) is 5. The number of amides is 1. The van der Waals surface area contributed by atoms with Crippen LogP contribution in [0.25, 0.3) is 0 Å². The standard InChI is InChI=1S/C13H25N5O3S/c1-9(2)13(4,8-14)16-12(19)10(3)17-22(20,21)11-6-15-18(5)7-11/h6-7,9-10,17H,8,14H2,1-5H3,(H,16,19). The number of nitrogens with one attached hydrogen (secondary N) is 2. The summed E-state index contributed by atoms with van der Waals surface area (Å²) in [6, 6.07) is -0.921. The van der Waals surface area contributed by atoms with Crippen molar-refractivity contribution >= 4 is 15.9 Å². The summed E-state index contributed by atoms with van der Waals surface area (Å²) in [6.45, 7) is 7.46. The molecule has 0 saturated heterocycles. The molecule has 1 amide bonds. The molecule has 0 saturated carbocycles. The molecule has 1 aromatic rings. The number of nitrogens with two attached hydrogens (primary N) is 1. The second-order valence-corrected chi connectivity index (χ2v) is 7.67. The summed E-state index contributed by atoms with van der Waals surface area (Å²) in [5, 5.41) is 6.62. The molecule has 0 aliphatic rings. The third kappa shape index (κ3) is 4.28. The lowest BCUT2D eigenvalue weighted by Crippen LogP contribution is -2.59. The van der Waals surface area contributed by atoms with Crippen molar-refractivity contribution in [2.45, 2.75) is 44.2 Å². The minimum Gasteiger partial charge on any atom is -0.348 e. The fraction of sp³-hybridized carbons (Fsp3) is 0.692. The lowest BCUT2D eigenvalue weighted by Gasteiger charge is -2.34.